The third-order valence-electron chi connectivity index (χ3n) is 9.20. The molecule has 0 spiro atoms. The lowest BCUT2D eigenvalue weighted by Gasteiger charge is -2.18. The Labute approximate surface area is 187 Å². The molecule has 0 amide bonds. The number of allylic oxidation sites excluding steroid dienone is 1. The fraction of sp³-hybridized carbons (Fsp3) is 0.0303. The van der Waals surface area contributed by atoms with Crippen molar-refractivity contribution in [3.63, 3.8) is 0 Å². The molecule has 0 aromatic heterocycles. The first-order valence-corrected chi connectivity index (χ1v) is 11.9. The van der Waals surface area contributed by atoms with Crippen LogP contribution in [0.3, 0.4) is 0 Å². The van der Waals surface area contributed by atoms with E-state index >= 15 is 0 Å². The highest BCUT2D eigenvalue weighted by Crippen LogP contribution is 2.60. The molecule has 33 heavy (non-hydrogen) atoms. The maximum atomic E-state index is 2.41. The molecule has 0 bridgehead atoms. The van der Waals surface area contributed by atoms with Gasteiger partial charge in [0.15, 0.2) is 0 Å². The predicted molar refractivity (Wildman–Crippen MR) is 144 cm³/mol. The number of fused-ring (bicyclic) bond motifs is 5. The van der Waals surface area contributed by atoms with Gasteiger partial charge in [0.05, 0.1) is 0 Å². The minimum Gasteiger partial charge on any atom is -0.0795 e. The van der Waals surface area contributed by atoms with E-state index < -0.39 is 0 Å². The highest BCUT2D eigenvalue weighted by Gasteiger charge is 2.32. The van der Waals surface area contributed by atoms with Crippen molar-refractivity contribution in [3.05, 3.63) is 77.9 Å². The van der Waals surface area contributed by atoms with E-state index in [-0.39, 0.29) is 0 Å². The van der Waals surface area contributed by atoms with Gasteiger partial charge in [-0.1, -0.05) is 72.8 Å². The Morgan fingerprint density at radius 1 is 0.364 bits per heavy atom. The molecule has 0 saturated carbocycles. The molecule has 0 fully saturated rings. The van der Waals surface area contributed by atoms with E-state index in [1.54, 1.807) is 0 Å². The lowest BCUT2D eigenvalue weighted by molar-refractivity contribution is 1.33. The van der Waals surface area contributed by atoms with Crippen molar-refractivity contribution in [2.24, 2.45) is 0 Å². The number of hydrogen-bond donors (Lipinski definition) is 0. The topological polar surface area (TPSA) is 0 Å². The Balaban J connectivity index is 1.77. The quantitative estimate of drug-likeness (QED) is 0.173. The van der Waals surface area contributed by atoms with Crippen LogP contribution in [0.4, 0.5) is 0 Å². The highest BCUT2D eigenvalue weighted by atomic mass is 14.3. The van der Waals surface area contributed by atoms with Gasteiger partial charge < -0.3 is 0 Å². The maximum Gasteiger partial charge on any atom is -0.0000478 e. The largest absolute Gasteiger partial charge is 0.0795 e. The van der Waals surface area contributed by atoms with Gasteiger partial charge in [-0.25, -0.2) is 0 Å². The van der Waals surface area contributed by atoms with Gasteiger partial charge in [0, 0.05) is 0 Å². The molecular formula is C33H14. The fourth-order valence-corrected chi connectivity index (χ4v) is 8.23. The number of rotatable bonds is 0. The van der Waals surface area contributed by atoms with Gasteiger partial charge in [-0.15, -0.1) is 0 Å². The zero-order valence-electron chi connectivity index (χ0n) is 17.6. The van der Waals surface area contributed by atoms with Crippen LogP contribution in [0.15, 0.2) is 66.7 Å². The average molecular weight is 410 g/mol. The monoisotopic (exact) mass is 410 g/mol. The number of benzene rings is 7. The Hall–Kier alpha value is -4.16. The van der Waals surface area contributed by atoms with E-state index in [0.29, 0.717) is 0 Å². The Morgan fingerprint density at radius 2 is 0.788 bits per heavy atom. The molecule has 0 unspecified atom stereocenters. The van der Waals surface area contributed by atoms with E-state index in [1.165, 1.54) is 108 Å². The molecular weight excluding hydrogens is 396 g/mol. The van der Waals surface area contributed by atoms with Crippen molar-refractivity contribution in [1.29, 1.82) is 0 Å². The summed E-state index contributed by atoms with van der Waals surface area (Å²) in [5, 5.41) is 26.5. The molecule has 0 heterocycles. The SMILES string of the molecule is C1=Cc2c3ccc4c5cccc6c7cccc8c9ccc%10c(c2c2c(c34)c(c56)c(c87)c2c%109)C1. The molecule has 11 rings (SSSR count). The van der Waals surface area contributed by atoms with Crippen molar-refractivity contribution in [2.45, 2.75) is 6.42 Å². The summed E-state index contributed by atoms with van der Waals surface area (Å²) < 4.78 is 0. The minimum absolute atomic E-state index is 1.03. The normalized spacial score (nSPS) is 15.0. The second-order valence-corrected chi connectivity index (χ2v) is 10.3. The van der Waals surface area contributed by atoms with Crippen molar-refractivity contribution >= 4 is 103 Å². The van der Waals surface area contributed by atoms with Gasteiger partial charge in [-0.2, -0.15) is 0 Å². The van der Waals surface area contributed by atoms with Gasteiger partial charge in [0.25, 0.3) is 0 Å². The summed E-state index contributed by atoms with van der Waals surface area (Å²) in [5.41, 5.74) is 2.97. The van der Waals surface area contributed by atoms with Crippen LogP contribution in [-0.4, -0.2) is 0 Å². The van der Waals surface area contributed by atoms with Gasteiger partial charge in [-0.05, 0) is 114 Å². The summed E-state index contributed by atoms with van der Waals surface area (Å²) in [6.07, 6.45) is 5.82. The van der Waals surface area contributed by atoms with E-state index in [0.717, 1.165) is 6.42 Å². The second kappa shape index (κ2) is 4.23. The summed E-state index contributed by atoms with van der Waals surface area (Å²) in [5.74, 6) is 0. The molecule has 0 radical (unpaired) electrons. The zero-order valence-corrected chi connectivity index (χ0v) is 17.6. The van der Waals surface area contributed by atoms with E-state index in [1.807, 2.05) is 0 Å². The van der Waals surface area contributed by atoms with E-state index in [2.05, 4.69) is 72.8 Å². The molecule has 0 nitrogen and oxygen atoms in total. The van der Waals surface area contributed by atoms with Crippen LogP contribution in [0, 0.1) is 0 Å². The third kappa shape index (κ3) is 1.21. The van der Waals surface area contributed by atoms with E-state index in [9.17, 15) is 0 Å². The van der Waals surface area contributed by atoms with E-state index in [4.69, 9.17) is 0 Å². The average Bonchev–Trinajstić information content (AvgIpc) is 3.57. The summed E-state index contributed by atoms with van der Waals surface area (Å²) >= 11 is 0. The minimum atomic E-state index is 1.03. The fourth-order valence-electron chi connectivity index (χ4n) is 8.23. The smallest absolute Gasteiger partial charge is 0.0000478 e. The van der Waals surface area contributed by atoms with Gasteiger partial charge in [0.2, 0.25) is 0 Å². The molecule has 10 aromatic rings. The van der Waals surface area contributed by atoms with Gasteiger partial charge in [-0.3, -0.25) is 0 Å². The molecule has 10 aromatic carbocycles. The molecule has 146 valence electrons. The Kier molecular flexibility index (Phi) is 1.90. The van der Waals surface area contributed by atoms with Gasteiger partial charge >= 0.3 is 0 Å². The summed E-state index contributed by atoms with van der Waals surface area (Å²) in [6.45, 7) is 0. The third-order valence-corrected chi connectivity index (χ3v) is 9.20. The molecule has 0 aliphatic heterocycles. The zero-order chi connectivity index (χ0) is 20.7. The van der Waals surface area contributed by atoms with Crippen LogP contribution < -0.4 is 0 Å². The molecule has 0 heteroatoms. The lowest BCUT2D eigenvalue weighted by atomic mass is 9.84. The van der Waals surface area contributed by atoms with Crippen LogP contribution >= 0.6 is 0 Å². The Morgan fingerprint density at radius 3 is 1.39 bits per heavy atom. The second-order valence-electron chi connectivity index (χ2n) is 10.3. The first-order chi connectivity index (χ1) is 16.4. The van der Waals surface area contributed by atoms with Crippen molar-refractivity contribution in [3.8, 4) is 0 Å². The summed E-state index contributed by atoms with van der Waals surface area (Å²) in [4.78, 5) is 0. The maximum absolute atomic E-state index is 2.41. The van der Waals surface area contributed by atoms with Crippen molar-refractivity contribution in [2.75, 3.05) is 0 Å². The van der Waals surface area contributed by atoms with Crippen LogP contribution in [0.1, 0.15) is 11.1 Å². The Bertz CT molecular complexity index is 2410. The summed E-state index contributed by atoms with van der Waals surface area (Å²) in [6, 6.07) is 23.5. The molecule has 1 aliphatic carbocycles. The summed E-state index contributed by atoms with van der Waals surface area (Å²) in [7, 11) is 0. The molecule has 0 atom stereocenters. The first-order valence-electron chi connectivity index (χ1n) is 11.9. The first kappa shape index (κ1) is 14.8. The molecule has 0 saturated heterocycles. The van der Waals surface area contributed by atoms with Crippen LogP contribution in [0.5, 0.6) is 0 Å². The van der Waals surface area contributed by atoms with Gasteiger partial charge in [0.1, 0.15) is 0 Å². The van der Waals surface area contributed by atoms with Crippen LogP contribution in [0.25, 0.3) is 103 Å². The highest BCUT2D eigenvalue weighted by molar-refractivity contribution is 6.58. The van der Waals surface area contributed by atoms with Crippen molar-refractivity contribution in [1.82, 2.24) is 0 Å². The molecule has 1 aliphatic rings. The molecule has 0 N–H and O–H groups in total. The number of hydrogen-bond acceptors (Lipinski definition) is 0. The van der Waals surface area contributed by atoms with Crippen molar-refractivity contribution < 1.29 is 0 Å². The van der Waals surface area contributed by atoms with Crippen LogP contribution in [0.2, 0.25) is 0 Å². The van der Waals surface area contributed by atoms with Crippen LogP contribution in [-0.2, 0) is 6.42 Å². The predicted octanol–water partition coefficient (Wildman–Crippen LogP) is 9.26. The standard InChI is InChI=1S/C33H14/c1-4-14-15-5-2-7-17-21-11-13-23-19-9-3-8-18-22-12-10-20-16(6-1)24(14)29-30(25(15)17)33(28(21)23)31(26(18)19)32(29)27(20)22/h1-8,10-13H,9H2. The lowest BCUT2D eigenvalue weighted by Crippen LogP contribution is -1.95.